The van der Waals surface area contributed by atoms with Gasteiger partial charge in [0, 0.05) is 23.4 Å². The highest BCUT2D eigenvalue weighted by Crippen LogP contribution is 2.44. The number of methoxy groups -OCH3 is 1. The summed E-state index contributed by atoms with van der Waals surface area (Å²) in [5.41, 5.74) is 3.02. The highest BCUT2D eigenvalue weighted by molar-refractivity contribution is 6.21. The molecule has 0 N–H and O–H groups in total. The fraction of sp³-hybridized carbons (Fsp3) is 0.257. The van der Waals surface area contributed by atoms with Crippen LogP contribution in [0.4, 0.5) is 5.82 Å². The molecule has 0 fully saturated rings. The number of ether oxygens (including phenoxy) is 3. The number of carbonyl (C=O) groups excluding carboxylic acids is 3. The maximum Gasteiger partial charge on any atom is 0.351 e. The molecule has 0 spiro atoms. The predicted molar refractivity (Wildman–Crippen MR) is 167 cm³/mol. The number of Topliss-reactive ketones (excluding diaryl/α,β-unsaturated/α-hetero) is 1. The third-order valence-electron chi connectivity index (χ3n) is 7.42. The lowest BCUT2D eigenvalue weighted by Gasteiger charge is -2.25. The molecule has 0 aliphatic carbocycles. The second-order valence-corrected chi connectivity index (χ2v) is 10.8. The van der Waals surface area contributed by atoms with Crippen LogP contribution in [-0.2, 0) is 19.1 Å². The topological polar surface area (TPSA) is 121 Å². The van der Waals surface area contributed by atoms with Crippen molar-refractivity contribution in [2.75, 3.05) is 18.6 Å². The summed E-state index contributed by atoms with van der Waals surface area (Å²) in [6, 6.07) is 21.6. The Morgan fingerprint density at radius 2 is 1.64 bits per heavy atom. The molecule has 1 aliphatic rings. The molecular formula is C35H34N4O6. The highest BCUT2D eigenvalue weighted by atomic mass is 16.6. The molecule has 0 radical (unpaired) electrons. The smallest absolute Gasteiger partial charge is 0.351 e. The van der Waals surface area contributed by atoms with Crippen molar-refractivity contribution in [3.63, 3.8) is 0 Å². The van der Waals surface area contributed by atoms with Crippen LogP contribution in [0.15, 0.2) is 96.4 Å². The van der Waals surface area contributed by atoms with Crippen molar-refractivity contribution in [3.05, 3.63) is 124 Å². The number of amides is 1. The average molecular weight is 607 g/mol. The van der Waals surface area contributed by atoms with Gasteiger partial charge in [0.15, 0.2) is 17.4 Å². The van der Waals surface area contributed by atoms with E-state index in [0.29, 0.717) is 34.9 Å². The lowest BCUT2D eigenvalue weighted by molar-refractivity contribution is -0.152. The van der Waals surface area contributed by atoms with E-state index in [-0.39, 0.29) is 23.1 Å². The molecule has 2 aromatic heterocycles. The molecule has 5 rings (SSSR count). The molecule has 45 heavy (non-hydrogen) atoms. The molecule has 4 aromatic rings. The molecule has 0 saturated heterocycles. The number of pyridine rings is 1. The van der Waals surface area contributed by atoms with Gasteiger partial charge in [0.05, 0.1) is 31.0 Å². The molecule has 10 nitrogen and oxygen atoms in total. The number of nitrogens with zero attached hydrogens (tertiary/aromatic N) is 4. The maximum atomic E-state index is 14.5. The molecule has 1 amide bonds. The van der Waals surface area contributed by atoms with Crippen LogP contribution in [0.3, 0.4) is 0 Å². The standard InChI is InChI=1S/C35H34N4O6/c1-6-44-28-19-17-26(20-36-28)30-29(31(40)24-15-13-23(14-16-24)21(2)3)33(34(41)39(30)27-18-12-22(4)37-38-27)45-32(35(42)43-5)25-10-8-7-9-11-25/h7-21,30,32H,6H2,1-5H3. The Balaban J connectivity index is 1.73. The molecule has 0 bridgehead atoms. The Bertz CT molecular complexity index is 1700. The molecule has 1 aliphatic heterocycles. The summed E-state index contributed by atoms with van der Waals surface area (Å²) < 4.78 is 16.9. The number of aromatic nitrogens is 3. The van der Waals surface area contributed by atoms with E-state index in [9.17, 15) is 14.4 Å². The first-order valence-electron chi connectivity index (χ1n) is 14.6. The Morgan fingerprint density at radius 1 is 0.911 bits per heavy atom. The summed E-state index contributed by atoms with van der Waals surface area (Å²) in [5.74, 6) is -1.32. The number of esters is 1. The van der Waals surface area contributed by atoms with Crippen LogP contribution < -0.4 is 9.64 Å². The van der Waals surface area contributed by atoms with Gasteiger partial charge in [-0.3, -0.25) is 14.5 Å². The van der Waals surface area contributed by atoms with Gasteiger partial charge in [0.25, 0.3) is 5.91 Å². The van der Waals surface area contributed by atoms with E-state index in [0.717, 1.165) is 5.56 Å². The van der Waals surface area contributed by atoms with Crippen molar-refractivity contribution in [3.8, 4) is 5.88 Å². The van der Waals surface area contributed by atoms with Gasteiger partial charge in [-0.1, -0.05) is 68.4 Å². The molecule has 3 heterocycles. The first-order chi connectivity index (χ1) is 21.7. The molecular weight excluding hydrogens is 572 g/mol. The zero-order valence-corrected chi connectivity index (χ0v) is 25.8. The van der Waals surface area contributed by atoms with E-state index in [1.165, 1.54) is 12.0 Å². The Kier molecular flexibility index (Phi) is 9.32. The van der Waals surface area contributed by atoms with Gasteiger partial charge in [0.1, 0.15) is 0 Å². The predicted octanol–water partition coefficient (Wildman–Crippen LogP) is 5.86. The lowest BCUT2D eigenvalue weighted by atomic mass is 9.92. The number of ketones is 1. The van der Waals surface area contributed by atoms with Crippen molar-refractivity contribution < 1.29 is 28.6 Å². The second-order valence-electron chi connectivity index (χ2n) is 10.8. The number of benzene rings is 2. The lowest BCUT2D eigenvalue weighted by Crippen LogP contribution is -2.32. The highest BCUT2D eigenvalue weighted by Gasteiger charge is 2.48. The molecule has 2 aromatic carbocycles. The monoisotopic (exact) mass is 606 g/mol. The molecule has 10 heteroatoms. The number of aryl methyl sites for hydroxylation is 1. The molecule has 0 saturated carbocycles. The third kappa shape index (κ3) is 6.45. The average Bonchev–Trinajstić information content (AvgIpc) is 3.35. The Morgan fingerprint density at radius 3 is 2.22 bits per heavy atom. The maximum absolute atomic E-state index is 14.5. The zero-order valence-electron chi connectivity index (χ0n) is 25.8. The normalized spacial score (nSPS) is 15.3. The number of hydrogen-bond acceptors (Lipinski definition) is 9. The fourth-order valence-electron chi connectivity index (χ4n) is 5.08. The van der Waals surface area contributed by atoms with Gasteiger partial charge in [-0.25, -0.2) is 9.78 Å². The van der Waals surface area contributed by atoms with E-state index in [1.807, 2.05) is 19.1 Å². The Hall–Kier alpha value is -5.38. The summed E-state index contributed by atoms with van der Waals surface area (Å²) in [7, 11) is 1.23. The van der Waals surface area contributed by atoms with Crippen molar-refractivity contribution in [1.82, 2.24) is 15.2 Å². The summed E-state index contributed by atoms with van der Waals surface area (Å²) in [6.45, 7) is 8.17. The van der Waals surface area contributed by atoms with Gasteiger partial charge in [-0.2, -0.15) is 5.10 Å². The van der Waals surface area contributed by atoms with Crippen molar-refractivity contribution >= 4 is 23.5 Å². The van der Waals surface area contributed by atoms with Gasteiger partial charge >= 0.3 is 5.97 Å². The first kappa shape index (κ1) is 31.1. The van der Waals surface area contributed by atoms with Crippen LogP contribution in [0.1, 0.15) is 71.6 Å². The fourth-order valence-corrected chi connectivity index (χ4v) is 5.08. The van der Waals surface area contributed by atoms with Gasteiger partial charge < -0.3 is 14.2 Å². The molecule has 2 atom stereocenters. The van der Waals surface area contributed by atoms with Crippen molar-refractivity contribution in [1.29, 1.82) is 0 Å². The van der Waals surface area contributed by atoms with E-state index >= 15 is 0 Å². The van der Waals surface area contributed by atoms with Gasteiger partial charge in [-0.05, 0) is 49.1 Å². The van der Waals surface area contributed by atoms with E-state index in [1.54, 1.807) is 79.9 Å². The Labute approximate surface area is 261 Å². The van der Waals surface area contributed by atoms with E-state index < -0.39 is 29.8 Å². The van der Waals surface area contributed by atoms with Crippen LogP contribution in [0.2, 0.25) is 0 Å². The van der Waals surface area contributed by atoms with Crippen molar-refractivity contribution in [2.45, 2.75) is 45.8 Å². The van der Waals surface area contributed by atoms with Crippen LogP contribution in [0.5, 0.6) is 5.88 Å². The largest absolute Gasteiger partial charge is 0.478 e. The number of rotatable bonds is 11. The minimum atomic E-state index is -1.33. The van der Waals surface area contributed by atoms with Crippen LogP contribution in [-0.4, -0.2) is 46.6 Å². The summed E-state index contributed by atoms with van der Waals surface area (Å²) in [5, 5.41) is 8.43. The van der Waals surface area contributed by atoms with Gasteiger partial charge in [0.2, 0.25) is 12.0 Å². The van der Waals surface area contributed by atoms with Crippen LogP contribution in [0, 0.1) is 6.92 Å². The zero-order chi connectivity index (χ0) is 32.1. The molecule has 2 unspecified atom stereocenters. The number of carbonyl (C=O) groups is 3. The summed E-state index contributed by atoms with van der Waals surface area (Å²) >= 11 is 0. The SMILES string of the molecule is CCOc1ccc(C2C(C(=O)c3ccc(C(C)C)cc3)=C(OC(C(=O)OC)c3ccccc3)C(=O)N2c2ccc(C)nn2)cn1. The van der Waals surface area contributed by atoms with E-state index in [2.05, 4.69) is 29.0 Å². The molecule has 230 valence electrons. The van der Waals surface area contributed by atoms with Crippen molar-refractivity contribution in [2.24, 2.45) is 0 Å². The second kappa shape index (κ2) is 13.5. The van der Waals surface area contributed by atoms with Crippen LogP contribution >= 0.6 is 0 Å². The minimum absolute atomic E-state index is 0.0236. The van der Waals surface area contributed by atoms with Gasteiger partial charge in [-0.15, -0.1) is 5.10 Å². The number of hydrogen-bond donors (Lipinski definition) is 0. The van der Waals surface area contributed by atoms with E-state index in [4.69, 9.17) is 14.2 Å². The van der Waals surface area contributed by atoms with Crippen LogP contribution in [0.25, 0.3) is 0 Å². The minimum Gasteiger partial charge on any atom is -0.478 e. The summed E-state index contributed by atoms with van der Waals surface area (Å²) in [6.07, 6.45) is 0.217. The summed E-state index contributed by atoms with van der Waals surface area (Å²) in [4.78, 5) is 47.8. The quantitative estimate of drug-likeness (QED) is 0.153. The number of anilines is 1. The third-order valence-corrected chi connectivity index (χ3v) is 7.42. The first-order valence-corrected chi connectivity index (χ1v) is 14.6.